The minimum Gasteiger partial charge on any atom is -0.355 e. The second-order valence-electron chi connectivity index (χ2n) is 3.60. The molecule has 0 saturated heterocycles. The molecular formula is C12H16F2N2O. The highest BCUT2D eigenvalue weighted by molar-refractivity contribution is 5.77. The first-order valence-electron chi connectivity index (χ1n) is 5.48. The molecule has 0 aliphatic rings. The SMILES string of the molecule is CCNC(=O)CNCc1cccc(C(F)F)c1. The standard InChI is InChI=1S/C12H16F2N2O/c1-2-16-11(17)8-15-7-9-4-3-5-10(6-9)12(13)14/h3-6,12,15H,2,7-8H2,1H3,(H,16,17). The van der Waals surface area contributed by atoms with Crippen LogP contribution in [0.1, 0.15) is 24.5 Å². The Morgan fingerprint density at radius 3 is 2.82 bits per heavy atom. The molecule has 0 bridgehead atoms. The molecule has 0 heterocycles. The Hall–Kier alpha value is -1.49. The molecule has 2 N–H and O–H groups in total. The molecule has 0 atom stereocenters. The molecule has 0 radical (unpaired) electrons. The second-order valence-corrected chi connectivity index (χ2v) is 3.60. The monoisotopic (exact) mass is 242 g/mol. The molecule has 17 heavy (non-hydrogen) atoms. The third kappa shape index (κ3) is 4.91. The van der Waals surface area contributed by atoms with Crippen LogP contribution in [0.3, 0.4) is 0 Å². The van der Waals surface area contributed by atoms with Crippen LogP contribution in [0.5, 0.6) is 0 Å². The van der Waals surface area contributed by atoms with Crippen LogP contribution in [0.4, 0.5) is 8.78 Å². The molecule has 0 fully saturated rings. The minimum atomic E-state index is -2.46. The van der Waals surface area contributed by atoms with Gasteiger partial charge in [0.15, 0.2) is 0 Å². The molecule has 0 spiro atoms. The average molecular weight is 242 g/mol. The number of carbonyl (C=O) groups excluding carboxylic acids is 1. The Balaban J connectivity index is 2.41. The van der Waals surface area contributed by atoms with E-state index < -0.39 is 6.43 Å². The minimum absolute atomic E-state index is 0.00214. The smallest absolute Gasteiger partial charge is 0.263 e. The second kappa shape index (κ2) is 6.96. The molecule has 1 aromatic rings. The van der Waals surface area contributed by atoms with Crippen molar-refractivity contribution in [1.29, 1.82) is 0 Å². The van der Waals surface area contributed by atoms with Gasteiger partial charge < -0.3 is 10.6 Å². The number of carbonyl (C=O) groups is 1. The lowest BCUT2D eigenvalue weighted by Gasteiger charge is -2.06. The van der Waals surface area contributed by atoms with Crippen LogP contribution in [0.25, 0.3) is 0 Å². The molecule has 1 rings (SSSR count). The fourth-order valence-electron chi connectivity index (χ4n) is 1.42. The summed E-state index contributed by atoms with van der Waals surface area (Å²) < 4.78 is 24.8. The molecule has 1 aromatic carbocycles. The summed E-state index contributed by atoms with van der Waals surface area (Å²) in [5.74, 6) is -0.0995. The Kier molecular flexibility index (Phi) is 5.56. The van der Waals surface area contributed by atoms with Gasteiger partial charge in [-0.25, -0.2) is 8.78 Å². The van der Waals surface area contributed by atoms with Crippen molar-refractivity contribution in [2.45, 2.75) is 19.9 Å². The van der Waals surface area contributed by atoms with Crippen molar-refractivity contribution in [2.75, 3.05) is 13.1 Å². The van der Waals surface area contributed by atoms with Gasteiger partial charge in [-0.2, -0.15) is 0 Å². The Morgan fingerprint density at radius 2 is 2.18 bits per heavy atom. The molecule has 0 aliphatic heterocycles. The number of nitrogens with one attached hydrogen (secondary N) is 2. The highest BCUT2D eigenvalue weighted by atomic mass is 19.3. The first kappa shape index (κ1) is 13.6. The number of hydrogen-bond donors (Lipinski definition) is 2. The maximum Gasteiger partial charge on any atom is 0.263 e. The van der Waals surface area contributed by atoms with Gasteiger partial charge in [-0.15, -0.1) is 0 Å². The van der Waals surface area contributed by atoms with Crippen LogP contribution >= 0.6 is 0 Å². The maximum atomic E-state index is 12.4. The number of halogens is 2. The van der Waals surface area contributed by atoms with Crippen molar-refractivity contribution in [1.82, 2.24) is 10.6 Å². The van der Waals surface area contributed by atoms with Gasteiger partial charge in [0, 0.05) is 18.7 Å². The largest absolute Gasteiger partial charge is 0.355 e. The molecule has 5 heteroatoms. The number of alkyl halides is 2. The van der Waals surface area contributed by atoms with E-state index in [4.69, 9.17) is 0 Å². The van der Waals surface area contributed by atoms with E-state index in [0.29, 0.717) is 13.1 Å². The molecule has 0 aromatic heterocycles. The van der Waals surface area contributed by atoms with Gasteiger partial charge in [0.2, 0.25) is 5.91 Å². The van der Waals surface area contributed by atoms with Gasteiger partial charge in [0.25, 0.3) is 6.43 Å². The maximum absolute atomic E-state index is 12.4. The predicted octanol–water partition coefficient (Wildman–Crippen LogP) is 1.85. The van der Waals surface area contributed by atoms with E-state index in [1.54, 1.807) is 12.1 Å². The highest BCUT2D eigenvalue weighted by Gasteiger charge is 2.06. The van der Waals surface area contributed by atoms with Crippen molar-refractivity contribution in [3.63, 3.8) is 0 Å². The summed E-state index contributed by atoms with van der Waals surface area (Å²) >= 11 is 0. The van der Waals surface area contributed by atoms with Crippen molar-refractivity contribution >= 4 is 5.91 Å². The summed E-state index contributed by atoms with van der Waals surface area (Å²) in [4.78, 5) is 11.1. The summed E-state index contributed by atoms with van der Waals surface area (Å²) in [5.41, 5.74) is 0.745. The fraction of sp³-hybridized carbons (Fsp3) is 0.417. The molecule has 1 amide bonds. The number of hydrogen-bond acceptors (Lipinski definition) is 2. The third-order valence-corrected chi connectivity index (χ3v) is 2.19. The first-order valence-corrected chi connectivity index (χ1v) is 5.48. The van der Waals surface area contributed by atoms with Crippen molar-refractivity contribution in [3.05, 3.63) is 35.4 Å². The highest BCUT2D eigenvalue weighted by Crippen LogP contribution is 2.19. The van der Waals surface area contributed by atoms with Gasteiger partial charge in [-0.3, -0.25) is 4.79 Å². The van der Waals surface area contributed by atoms with Gasteiger partial charge in [0.1, 0.15) is 0 Å². The van der Waals surface area contributed by atoms with E-state index in [-0.39, 0.29) is 18.0 Å². The van der Waals surface area contributed by atoms with Gasteiger partial charge in [0.05, 0.1) is 6.54 Å². The summed E-state index contributed by atoms with van der Waals surface area (Å²) in [6, 6.07) is 6.16. The van der Waals surface area contributed by atoms with Crippen molar-refractivity contribution in [2.24, 2.45) is 0 Å². The number of amides is 1. The summed E-state index contributed by atoms with van der Waals surface area (Å²) in [5, 5.41) is 5.54. The Bertz CT molecular complexity index is 369. The fourth-order valence-corrected chi connectivity index (χ4v) is 1.42. The van der Waals surface area contributed by atoms with Gasteiger partial charge in [-0.1, -0.05) is 18.2 Å². The van der Waals surface area contributed by atoms with E-state index >= 15 is 0 Å². The van der Waals surface area contributed by atoms with E-state index in [9.17, 15) is 13.6 Å². The van der Waals surface area contributed by atoms with Crippen LogP contribution in [-0.4, -0.2) is 19.0 Å². The lowest BCUT2D eigenvalue weighted by atomic mass is 10.1. The topological polar surface area (TPSA) is 41.1 Å². The third-order valence-electron chi connectivity index (χ3n) is 2.19. The number of rotatable bonds is 6. The Labute approximate surface area is 99.2 Å². The zero-order valence-electron chi connectivity index (χ0n) is 9.67. The molecule has 3 nitrogen and oxygen atoms in total. The van der Waals surface area contributed by atoms with E-state index in [2.05, 4.69) is 10.6 Å². The molecule has 0 saturated carbocycles. The van der Waals surface area contributed by atoms with Crippen LogP contribution in [0, 0.1) is 0 Å². The lowest BCUT2D eigenvalue weighted by molar-refractivity contribution is -0.120. The number of benzene rings is 1. The quantitative estimate of drug-likeness (QED) is 0.799. The average Bonchev–Trinajstić information content (AvgIpc) is 2.30. The van der Waals surface area contributed by atoms with Crippen LogP contribution in [0.2, 0.25) is 0 Å². The summed E-state index contributed by atoms with van der Waals surface area (Å²) in [6.45, 7) is 3.01. The van der Waals surface area contributed by atoms with E-state index in [1.165, 1.54) is 12.1 Å². The molecule has 94 valence electrons. The zero-order chi connectivity index (χ0) is 12.7. The summed E-state index contributed by atoms with van der Waals surface area (Å²) in [6.07, 6.45) is -2.46. The van der Waals surface area contributed by atoms with Gasteiger partial charge in [-0.05, 0) is 18.6 Å². The van der Waals surface area contributed by atoms with Crippen molar-refractivity contribution in [3.8, 4) is 0 Å². The number of likely N-dealkylation sites (N-methyl/N-ethyl adjacent to an activating group) is 1. The van der Waals surface area contributed by atoms with E-state index in [1.807, 2.05) is 6.92 Å². The molecule has 0 unspecified atom stereocenters. The van der Waals surface area contributed by atoms with Crippen LogP contribution < -0.4 is 10.6 Å². The lowest BCUT2D eigenvalue weighted by Crippen LogP contribution is -2.33. The van der Waals surface area contributed by atoms with Crippen LogP contribution in [-0.2, 0) is 11.3 Å². The molecular weight excluding hydrogens is 226 g/mol. The molecule has 0 aliphatic carbocycles. The first-order chi connectivity index (χ1) is 8.13. The Morgan fingerprint density at radius 1 is 1.41 bits per heavy atom. The predicted molar refractivity (Wildman–Crippen MR) is 61.8 cm³/mol. The zero-order valence-corrected chi connectivity index (χ0v) is 9.67. The van der Waals surface area contributed by atoms with E-state index in [0.717, 1.165) is 5.56 Å². The normalized spacial score (nSPS) is 10.6. The van der Waals surface area contributed by atoms with Crippen LogP contribution in [0.15, 0.2) is 24.3 Å². The van der Waals surface area contributed by atoms with Crippen molar-refractivity contribution < 1.29 is 13.6 Å². The summed E-state index contributed by atoms with van der Waals surface area (Å²) in [7, 11) is 0. The van der Waals surface area contributed by atoms with Gasteiger partial charge >= 0.3 is 0 Å².